The van der Waals surface area contributed by atoms with E-state index < -0.39 is 0 Å². The van der Waals surface area contributed by atoms with Gasteiger partial charge < -0.3 is 14.7 Å². The van der Waals surface area contributed by atoms with Gasteiger partial charge in [-0.3, -0.25) is 4.79 Å². The van der Waals surface area contributed by atoms with Gasteiger partial charge in [0.1, 0.15) is 0 Å². The first-order chi connectivity index (χ1) is 8.38. The number of H-pyrrole nitrogens is 2. The Balaban J connectivity index is 0.000000181. The number of carbonyl (C=O) groups excluding carboxylic acids is 1. The quantitative estimate of drug-likeness (QED) is 0.764. The number of nitrogens with one attached hydrogen (secondary N) is 2. The lowest BCUT2D eigenvalue weighted by Gasteiger charge is -1.89. The molecule has 0 atom stereocenters. The third kappa shape index (κ3) is 3.25. The predicted octanol–water partition coefficient (Wildman–Crippen LogP) is 1.16. The molecule has 0 spiro atoms. The highest BCUT2D eigenvalue weighted by molar-refractivity contribution is 6.03. The molecule has 2 aromatic rings. The van der Waals surface area contributed by atoms with E-state index in [0.29, 0.717) is 11.6 Å². The molecule has 2 N–H and O–H groups in total. The van der Waals surface area contributed by atoms with Gasteiger partial charge in [0.15, 0.2) is 11.6 Å². The smallest absolute Gasteiger partial charge is 0.263 e. The predicted molar refractivity (Wildman–Crippen MR) is 60.7 cm³/mol. The van der Waals surface area contributed by atoms with Gasteiger partial charge in [-0.1, -0.05) is 0 Å². The molecule has 1 aliphatic heterocycles. The van der Waals surface area contributed by atoms with Gasteiger partial charge in [0.2, 0.25) is 0 Å². The standard InChI is InChI=1S/C7H6N4O.C4H8O/c12-5(6-8-1-2-9-6)7-10-3-4-11-7;1-2-4-5-3-1/h1-4H,(H,8,9)(H,10,11);1-4H2. The number of ether oxygens (including phenoxy) is 1. The van der Waals surface area contributed by atoms with E-state index in [1.54, 1.807) is 12.4 Å². The Morgan fingerprint density at radius 3 is 1.88 bits per heavy atom. The first kappa shape index (κ1) is 11.5. The molecule has 3 rings (SSSR count). The van der Waals surface area contributed by atoms with Crippen LogP contribution in [0.4, 0.5) is 0 Å². The summed E-state index contributed by atoms with van der Waals surface area (Å²) in [5.41, 5.74) is 0. The van der Waals surface area contributed by atoms with Gasteiger partial charge in [-0.15, -0.1) is 0 Å². The van der Waals surface area contributed by atoms with Crippen molar-refractivity contribution in [2.24, 2.45) is 0 Å². The van der Waals surface area contributed by atoms with Crippen LogP contribution in [0.15, 0.2) is 24.8 Å². The van der Waals surface area contributed by atoms with E-state index in [2.05, 4.69) is 19.9 Å². The summed E-state index contributed by atoms with van der Waals surface area (Å²) in [5.74, 6) is 0.361. The number of nitrogens with zero attached hydrogens (tertiary/aromatic N) is 2. The van der Waals surface area contributed by atoms with Crippen LogP contribution >= 0.6 is 0 Å². The average molecular weight is 234 g/mol. The number of imidazole rings is 2. The third-order valence-corrected chi connectivity index (χ3v) is 2.25. The number of hydrogen-bond acceptors (Lipinski definition) is 4. The summed E-state index contributed by atoms with van der Waals surface area (Å²) >= 11 is 0. The second-order valence-electron chi connectivity index (χ2n) is 3.52. The van der Waals surface area contributed by atoms with E-state index in [1.165, 1.54) is 25.2 Å². The van der Waals surface area contributed by atoms with Gasteiger partial charge in [0, 0.05) is 38.0 Å². The van der Waals surface area contributed by atoms with Crippen LogP contribution in [0.25, 0.3) is 0 Å². The van der Waals surface area contributed by atoms with Gasteiger partial charge in [-0.25, -0.2) is 9.97 Å². The van der Waals surface area contributed by atoms with E-state index in [9.17, 15) is 4.79 Å². The van der Waals surface area contributed by atoms with Gasteiger partial charge in [-0.05, 0) is 12.8 Å². The maximum Gasteiger partial charge on any atom is 0.263 e. The molecule has 0 aliphatic carbocycles. The lowest BCUT2D eigenvalue weighted by molar-refractivity contribution is 0.102. The lowest BCUT2D eigenvalue weighted by Crippen LogP contribution is -2.05. The molecule has 0 unspecified atom stereocenters. The maximum absolute atomic E-state index is 11.4. The maximum atomic E-state index is 11.4. The minimum atomic E-state index is -0.231. The molecule has 1 aliphatic rings. The van der Waals surface area contributed by atoms with Crippen molar-refractivity contribution in [3.8, 4) is 0 Å². The zero-order valence-corrected chi connectivity index (χ0v) is 9.35. The number of aromatic amines is 2. The second-order valence-corrected chi connectivity index (χ2v) is 3.52. The van der Waals surface area contributed by atoms with Crippen molar-refractivity contribution in [1.29, 1.82) is 0 Å². The Bertz CT molecular complexity index is 388. The molecular formula is C11H14N4O2. The third-order valence-electron chi connectivity index (χ3n) is 2.25. The van der Waals surface area contributed by atoms with Crippen LogP contribution in [0.5, 0.6) is 0 Å². The normalized spacial score (nSPS) is 14.1. The van der Waals surface area contributed by atoms with Crippen LogP contribution in [0.1, 0.15) is 29.3 Å². The van der Waals surface area contributed by atoms with E-state index in [-0.39, 0.29) is 5.78 Å². The van der Waals surface area contributed by atoms with Crippen LogP contribution < -0.4 is 0 Å². The number of rotatable bonds is 2. The summed E-state index contributed by atoms with van der Waals surface area (Å²) in [5, 5.41) is 0. The number of ketones is 1. The van der Waals surface area contributed by atoms with Crippen molar-refractivity contribution in [2.45, 2.75) is 12.8 Å². The lowest BCUT2D eigenvalue weighted by atomic mass is 10.3. The Hall–Kier alpha value is -1.95. The first-order valence-electron chi connectivity index (χ1n) is 5.49. The minimum Gasteiger partial charge on any atom is -0.381 e. The van der Waals surface area contributed by atoms with Crippen LogP contribution in [0.2, 0.25) is 0 Å². The summed E-state index contributed by atoms with van der Waals surface area (Å²) in [6.07, 6.45) is 8.79. The van der Waals surface area contributed by atoms with E-state index >= 15 is 0 Å². The van der Waals surface area contributed by atoms with E-state index in [1.807, 2.05) is 0 Å². The zero-order valence-electron chi connectivity index (χ0n) is 9.35. The molecule has 6 heteroatoms. The van der Waals surface area contributed by atoms with Crippen molar-refractivity contribution >= 4 is 5.78 Å². The molecule has 0 radical (unpaired) electrons. The highest BCUT2D eigenvalue weighted by Crippen LogP contribution is 1.98. The molecule has 3 heterocycles. The fraction of sp³-hybridized carbons (Fsp3) is 0.364. The van der Waals surface area contributed by atoms with Crippen molar-refractivity contribution in [1.82, 2.24) is 19.9 Å². The molecule has 1 fully saturated rings. The molecule has 0 amide bonds. The average Bonchev–Trinajstić information content (AvgIpc) is 3.11. The van der Waals surface area contributed by atoms with E-state index in [4.69, 9.17) is 4.74 Å². The molecule has 2 aromatic heterocycles. The summed E-state index contributed by atoms with van der Waals surface area (Å²) in [4.78, 5) is 24.4. The molecule has 90 valence electrons. The first-order valence-corrected chi connectivity index (χ1v) is 5.49. The summed E-state index contributed by atoms with van der Waals surface area (Å²) < 4.78 is 4.94. The topological polar surface area (TPSA) is 83.7 Å². The highest BCUT2D eigenvalue weighted by atomic mass is 16.5. The molecule has 0 aromatic carbocycles. The van der Waals surface area contributed by atoms with Crippen LogP contribution in [-0.2, 0) is 4.74 Å². The Labute approximate surface area is 98.4 Å². The largest absolute Gasteiger partial charge is 0.381 e. The van der Waals surface area contributed by atoms with Crippen molar-refractivity contribution < 1.29 is 9.53 Å². The van der Waals surface area contributed by atoms with Gasteiger partial charge >= 0.3 is 0 Å². The molecule has 6 nitrogen and oxygen atoms in total. The van der Waals surface area contributed by atoms with Gasteiger partial charge in [-0.2, -0.15) is 0 Å². The fourth-order valence-corrected chi connectivity index (χ4v) is 1.40. The van der Waals surface area contributed by atoms with Crippen molar-refractivity contribution in [2.75, 3.05) is 13.2 Å². The van der Waals surface area contributed by atoms with Crippen molar-refractivity contribution in [3.63, 3.8) is 0 Å². The molecule has 0 bridgehead atoms. The summed E-state index contributed by atoms with van der Waals surface area (Å²) in [6.45, 7) is 2.00. The number of hydrogen-bond donors (Lipinski definition) is 2. The Kier molecular flexibility index (Phi) is 4.04. The van der Waals surface area contributed by atoms with Crippen LogP contribution in [0.3, 0.4) is 0 Å². The summed E-state index contributed by atoms with van der Waals surface area (Å²) in [6, 6.07) is 0. The fourth-order valence-electron chi connectivity index (χ4n) is 1.40. The molecule has 17 heavy (non-hydrogen) atoms. The highest BCUT2D eigenvalue weighted by Gasteiger charge is 2.12. The minimum absolute atomic E-state index is 0.231. The Morgan fingerprint density at radius 1 is 1.06 bits per heavy atom. The van der Waals surface area contributed by atoms with E-state index in [0.717, 1.165) is 13.2 Å². The second kappa shape index (κ2) is 5.95. The van der Waals surface area contributed by atoms with Crippen LogP contribution in [-0.4, -0.2) is 38.9 Å². The molecule has 0 saturated carbocycles. The molecule has 1 saturated heterocycles. The van der Waals surface area contributed by atoms with Gasteiger partial charge in [0.05, 0.1) is 0 Å². The monoisotopic (exact) mass is 234 g/mol. The number of aromatic nitrogens is 4. The van der Waals surface area contributed by atoms with Crippen molar-refractivity contribution in [3.05, 3.63) is 36.4 Å². The van der Waals surface area contributed by atoms with Crippen LogP contribution in [0, 0.1) is 0 Å². The molecular weight excluding hydrogens is 220 g/mol. The Morgan fingerprint density at radius 2 is 1.59 bits per heavy atom. The van der Waals surface area contributed by atoms with Gasteiger partial charge in [0.25, 0.3) is 5.78 Å². The zero-order chi connectivity index (χ0) is 11.9. The SMILES string of the molecule is C1CCOC1.O=C(c1ncc[nH]1)c1ncc[nH]1. The summed E-state index contributed by atoms with van der Waals surface area (Å²) in [7, 11) is 0. The number of carbonyl (C=O) groups is 1.